The number of hydrogen-bond donors (Lipinski definition) is 2. The number of carbonyl (C=O) groups excluding carboxylic acids is 1. The first-order valence-corrected chi connectivity index (χ1v) is 7.53. The fraction of sp³-hybridized carbons (Fsp3) is 0.235. The molecule has 0 aliphatic heterocycles. The average molecular weight is 319 g/mol. The minimum atomic E-state index is -0.214. The summed E-state index contributed by atoms with van der Waals surface area (Å²) in [6.07, 6.45) is 0. The zero-order valence-corrected chi connectivity index (χ0v) is 13.2. The third kappa shape index (κ3) is 5.30. The van der Waals surface area contributed by atoms with Gasteiger partial charge in [-0.25, -0.2) is 4.79 Å². The molecule has 0 aromatic heterocycles. The van der Waals surface area contributed by atoms with Crippen molar-refractivity contribution in [1.29, 1.82) is 0 Å². The fourth-order valence-electron chi connectivity index (χ4n) is 1.94. The molecule has 0 fully saturated rings. The predicted molar refractivity (Wildman–Crippen MR) is 88.1 cm³/mol. The first-order valence-electron chi connectivity index (χ1n) is 7.15. The van der Waals surface area contributed by atoms with Gasteiger partial charge in [0.1, 0.15) is 5.75 Å². The van der Waals surface area contributed by atoms with Gasteiger partial charge in [-0.2, -0.15) is 0 Å². The molecule has 2 N–H and O–H groups in total. The van der Waals surface area contributed by atoms with Gasteiger partial charge in [0.15, 0.2) is 0 Å². The number of benzene rings is 2. The Labute approximate surface area is 135 Å². The van der Waals surface area contributed by atoms with Crippen LogP contribution in [0.15, 0.2) is 48.5 Å². The van der Waals surface area contributed by atoms with Crippen LogP contribution in [0.2, 0.25) is 5.02 Å². The Morgan fingerprint density at radius 3 is 2.36 bits per heavy atom. The largest absolute Gasteiger partial charge is 0.494 e. The first kappa shape index (κ1) is 16.2. The lowest BCUT2D eigenvalue weighted by Crippen LogP contribution is -2.34. The molecule has 2 rings (SSSR count). The van der Waals surface area contributed by atoms with Crippen LogP contribution in [0.25, 0.3) is 0 Å². The lowest BCUT2D eigenvalue weighted by Gasteiger charge is -2.09. The predicted octanol–water partition coefficient (Wildman–Crippen LogP) is 3.74. The molecule has 2 aromatic rings. The Kier molecular flexibility index (Phi) is 6.10. The van der Waals surface area contributed by atoms with Crippen molar-refractivity contribution in [1.82, 2.24) is 10.6 Å². The Bertz CT molecular complexity index is 614. The second kappa shape index (κ2) is 8.29. The van der Waals surface area contributed by atoms with Gasteiger partial charge in [0.05, 0.1) is 6.61 Å². The second-order valence-electron chi connectivity index (χ2n) is 4.74. The molecule has 2 amide bonds. The van der Waals surface area contributed by atoms with Crippen LogP contribution in [0, 0.1) is 0 Å². The minimum Gasteiger partial charge on any atom is -0.494 e. The van der Waals surface area contributed by atoms with E-state index in [9.17, 15) is 4.79 Å². The smallest absolute Gasteiger partial charge is 0.315 e. The Hall–Kier alpha value is -2.20. The molecule has 2 aromatic carbocycles. The average Bonchev–Trinajstić information content (AvgIpc) is 2.53. The molecular weight excluding hydrogens is 300 g/mol. The molecule has 116 valence electrons. The van der Waals surface area contributed by atoms with Gasteiger partial charge in [0.25, 0.3) is 0 Å². The molecular formula is C17H19ClN2O2. The Balaban J connectivity index is 1.75. The third-order valence-corrected chi connectivity index (χ3v) is 3.26. The molecule has 22 heavy (non-hydrogen) atoms. The molecule has 4 nitrogen and oxygen atoms in total. The molecule has 0 atom stereocenters. The zero-order valence-electron chi connectivity index (χ0n) is 12.4. The zero-order chi connectivity index (χ0) is 15.8. The lowest BCUT2D eigenvalue weighted by molar-refractivity contribution is 0.240. The van der Waals surface area contributed by atoms with E-state index in [1.54, 1.807) is 6.07 Å². The summed E-state index contributed by atoms with van der Waals surface area (Å²) in [6, 6.07) is 14.8. The summed E-state index contributed by atoms with van der Waals surface area (Å²) < 4.78 is 5.37. The van der Waals surface area contributed by atoms with E-state index < -0.39 is 0 Å². The normalized spacial score (nSPS) is 10.1. The summed E-state index contributed by atoms with van der Waals surface area (Å²) in [4.78, 5) is 11.8. The van der Waals surface area contributed by atoms with Gasteiger partial charge in [0, 0.05) is 18.1 Å². The van der Waals surface area contributed by atoms with Gasteiger partial charge < -0.3 is 15.4 Å². The van der Waals surface area contributed by atoms with Crippen LogP contribution in [-0.2, 0) is 13.1 Å². The number of nitrogens with one attached hydrogen (secondary N) is 2. The summed E-state index contributed by atoms with van der Waals surface area (Å²) in [5, 5.41) is 6.27. The molecule has 0 bridgehead atoms. The fourth-order valence-corrected chi connectivity index (χ4v) is 2.16. The van der Waals surface area contributed by atoms with Crippen molar-refractivity contribution in [3.8, 4) is 5.75 Å². The summed E-state index contributed by atoms with van der Waals surface area (Å²) in [7, 11) is 0. The van der Waals surface area contributed by atoms with E-state index in [2.05, 4.69) is 10.6 Å². The van der Waals surface area contributed by atoms with Gasteiger partial charge in [-0.05, 0) is 42.3 Å². The SMILES string of the molecule is CCOc1ccc(CNC(=O)NCc2cccc(Cl)c2)cc1. The number of hydrogen-bond acceptors (Lipinski definition) is 2. The van der Waals surface area contributed by atoms with E-state index in [1.165, 1.54) is 0 Å². The van der Waals surface area contributed by atoms with Crippen LogP contribution in [0.3, 0.4) is 0 Å². The highest BCUT2D eigenvalue weighted by Gasteiger charge is 2.01. The highest BCUT2D eigenvalue weighted by Crippen LogP contribution is 2.12. The molecule has 0 aliphatic rings. The maximum Gasteiger partial charge on any atom is 0.315 e. The number of rotatable bonds is 6. The lowest BCUT2D eigenvalue weighted by atomic mass is 10.2. The van der Waals surface area contributed by atoms with Crippen molar-refractivity contribution in [3.05, 3.63) is 64.7 Å². The van der Waals surface area contributed by atoms with Crippen LogP contribution in [-0.4, -0.2) is 12.6 Å². The summed E-state index contributed by atoms with van der Waals surface area (Å²) >= 11 is 5.90. The summed E-state index contributed by atoms with van der Waals surface area (Å²) in [5.74, 6) is 0.830. The topological polar surface area (TPSA) is 50.4 Å². The quantitative estimate of drug-likeness (QED) is 0.852. The van der Waals surface area contributed by atoms with Crippen LogP contribution < -0.4 is 15.4 Å². The number of urea groups is 1. The highest BCUT2D eigenvalue weighted by atomic mass is 35.5. The van der Waals surface area contributed by atoms with Crippen molar-refractivity contribution >= 4 is 17.6 Å². The van der Waals surface area contributed by atoms with Crippen LogP contribution in [0.1, 0.15) is 18.1 Å². The van der Waals surface area contributed by atoms with Crippen molar-refractivity contribution < 1.29 is 9.53 Å². The second-order valence-corrected chi connectivity index (χ2v) is 5.18. The van der Waals surface area contributed by atoms with E-state index in [1.807, 2.05) is 49.4 Å². The Morgan fingerprint density at radius 2 is 1.73 bits per heavy atom. The number of amides is 2. The van der Waals surface area contributed by atoms with E-state index in [4.69, 9.17) is 16.3 Å². The molecule has 0 aliphatic carbocycles. The third-order valence-electron chi connectivity index (χ3n) is 3.03. The standard InChI is InChI=1S/C17H19ClN2O2/c1-2-22-16-8-6-13(7-9-16)11-19-17(21)20-12-14-4-3-5-15(18)10-14/h3-10H,2,11-12H2,1H3,(H2,19,20,21). The molecule has 0 unspecified atom stereocenters. The van der Waals surface area contributed by atoms with Crippen molar-refractivity contribution in [3.63, 3.8) is 0 Å². The van der Waals surface area contributed by atoms with E-state index in [0.29, 0.717) is 24.7 Å². The van der Waals surface area contributed by atoms with Crippen molar-refractivity contribution in [2.24, 2.45) is 0 Å². The summed E-state index contributed by atoms with van der Waals surface area (Å²) in [6.45, 7) is 3.49. The molecule has 0 heterocycles. The van der Waals surface area contributed by atoms with E-state index >= 15 is 0 Å². The van der Waals surface area contributed by atoms with Gasteiger partial charge in [0.2, 0.25) is 0 Å². The van der Waals surface area contributed by atoms with Crippen LogP contribution >= 0.6 is 11.6 Å². The summed E-state index contributed by atoms with van der Waals surface area (Å²) in [5.41, 5.74) is 1.98. The van der Waals surface area contributed by atoms with Gasteiger partial charge in [-0.1, -0.05) is 35.9 Å². The van der Waals surface area contributed by atoms with Crippen molar-refractivity contribution in [2.45, 2.75) is 20.0 Å². The maximum atomic E-state index is 11.8. The van der Waals surface area contributed by atoms with Gasteiger partial charge in [-0.15, -0.1) is 0 Å². The number of ether oxygens (including phenoxy) is 1. The van der Waals surface area contributed by atoms with Crippen LogP contribution in [0.5, 0.6) is 5.75 Å². The molecule has 0 saturated heterocycles. The van der Waals surface area contributed by atoms with E-state index in [-0.39, 0.29) is 6.03 Å². The number of halogens is 1. The first-order chi connectivity index (χ1) is 10.7. The van der Waals surface area contributed by atoms with Gasteiger partial charge in [-0.3, -0.25) is 0 Å². The van der Waals surface area contributed by atoms with Crippen molar-refractivity contribution in [2.75, 3.05) is 6.61 Å². The Morgan fingerprint density at radius 1 is 1.05 bits per heavy atom. The molecule has 0 saturated carbocycles. The maximum absolute atomic E-state index is 11.8. The highest BCUT2D eigenvalue weighted by molar-refractivity contribution is 6.30. The van der Waals surface area contributed by atoms with Crippen LogP contribution in [0.4, 0.5) is 4.79 Å². The van der Waals surface area contributed by atoms with E-state index in [0.717, 1.165) is 16.9 Å². The minimum absolute atomic E-state index is 0.214. The molecule has 5 heteroatoms. The molecule has 0 radical (unpaired) electrons. The number of carbonyl (C=O) groups is 1. The molecule has 0 spiro atoms. The monoisotopic (exact) mass is 318 g/mol. The van der Waals surface area contributed by atoms with Gasteiger partial charge >= 0.3 is 6.03 Å².